The van der Waals surface area contributed by atoms with Crippen LogP contribution in [0.2, 0.25) is 5.02 Å². The molecule has 3 aromatic carbocycles. The number of thiazole rings is 1. The molecule has 0 fully saturated rings. The van der Waals surface area contributed by atoms with Crippen LogP contribution in [0.3, 0.4) is 0 Å². The fourth-order valence-electron chi connectivity index (χ4n) is 4.49. The average molecular weight is 624 g/mol. The number of nitriles is 1. The highest BCUT2D eigenvalue weighted by Gasteiger charge is 2.45. The zero-order valence-corrected chi connectivity index (χ0v) is 24.0. The third-order valence-corrected chi connectivity index (χ3v) is 7.66. The predicted molar refractivity (Wildman–Crippen MR) is 154 cm³/mol. The Hall–Kier alpha value is -4.66. The summed E-state index contributed by atoms with van der Waals surface area (Å²) in [4.78, 5) is 30.2. The van der Waals surface area contributed by atoms with Crippen LogP contribution in [-0.4, -0.2) is 23.3 Å². The molecule has 0 spiro atoms. The third kappa shape index (κ3) is 6.40. The molecule has 1 aromatic heterocycles. The summed E-state index contributed by atoms with van der Waals surface area (Å²) in [5, 5.41) is 9.29. The van der Waals surface area contributed by atoms with Crippen LogP contribution in [-0.2, 0) is 16.1 Å². The van der Waals surface area contributed by atoms with Gasteiger partial charge in [-0.1, -0.05) is 59.3 Å². The van der Waals surface area contributed by atoms with Gasteiger partial charge in [0.2, 0.25) is 0 Å². The van der Waals surface area contributed by atoms with Crippen LogP contribution in [0.25, 0.3) is 6.08 Å². The van der Waals surface area contributed by atoms with Gasteiger partial charge < -0.3 is 9.47 Å². The number of fused-ring (bicyclic) bond motifs is 1. The van der Waals surface area contributed by atoms with E-state index in [1.165, 1.54) is 37.3 Å². The van der Waals surface area contributed by atoms with Gasteiger partial charge in [0, 0.05) is 5.02 Å². The summed E-state index contributed by atoms with van der Waals surface area (Å²) in [5.41, 5.74) is -0.664. The minimum atomic E-state index is -5.00. The van der Waals surface area contributed by atoms with Crippen LogP contribution in [0.15, 0.2) is 93.9 Å². The fourth-order valence-corrected chi connectivity index (χ4v) is 5.62. The summed E-state index contributed by atoms with van der Waals surface area (Å²) in [6, 6.07) is 20.2. The molecule has 0 aliphatic carbocycles. The van der Waals surface area contributed by atoms with Gasteiger partial charge in [-0.2, -0.15) is 18.4 Å². The number of carbonyl (C=O) groups is 1. The average Bonchev–Trinajstić information content (AvgIpc) is 3.30. The standard InChI is InChI=1S/C31H21ClF3N3O4S/c1-2-41-29(40)25-26(21-10-12-22(32)13-11-21)38-28(39)24(43-30(38)37-27(25)31(33,34)35)15-20-4-3-5-23(14-20)42-17-19-8-6-18(16-36)7-9-19/h3-15,26H,2,17H2,1H3/b24-15-/t26-/m0/s1. The van der Waals surface area contributed by atoms with Crippen molar-refractivity contribution in [2.75, 3.05) is 6.61 Å². The molecule has 5 rings (SSSR count). The SMILES string of the molecule is CCOC(=O)C1=C(C(F)(F)F)N=c2s/c(=C\c3cccc(OCc4ccc(C#N)cc4)c3)c(=O)n2[C@H]1c1ccc(Cl)cc1. The second-order valence-electron chi connectivity index (χ2n) is 9.28. The highest BCUT2D eigenvalue weighted by molar-refractivity contribution is 7.07. The van der Waals surface area contributed by atoms with E-state index in [9.17, 15) is 22.8 Å². The smallest absolute Gasteiger partial charge is 0.434 e. The molecule has 7 nitrogen and oxygen atoms in total. The topological polar surface area (TPSA) is 93.7 Å². The van der Waals surface area contributed by atoms with Crippen molar-refractivity contribution in [2.24, 2.45) is 4.99 Å². The lowest BCUT2D eigenvalue weighted by atomic mass is 9.95. The minimum Gasteiger partial charge on any atom is -0.489 e. The Kier molecular flexibility index (Phi) is 8.52. The number of halogens is 4. The normalized spacial score (nSPS) is 15.0. The Bertz CT molecular complexity index is 1940. The maximum absolute atomic E-state index is 14.3. The van der Waals surface area contributed by atoms with Crippen LogP contribution >= 0.6 is 22.9 Å². The first-order valence-corrected chi connectivity index (χ1v) is 14.1. The van der Waals surface area contributed by atoms with Crippen LogP contribution in [0.5, 0.6) is 5.75 Å². The Balaban J connectivity index is 1.59. The number of allylic oxidation sites excluding steroid dienone is 1. The van der Waals surface area contributed by atoms with Crippen LogP contribution in [0.4, 0.5) is 13.2 Å². The first-order chi connectivity index (χ1) is 20.6. The first kappa shape index (κ1) is 29.8. The van der Waals surface area contributed by atoms with E-state index >= 15 is 0 Å². The van der Waals surface area contributed by atoms with Gasteiger partial charge >= 0.3 is 12.1 Å². The lowest BCUT2D eigenvalue weighted by Crippen LogP contribution is -2.41. The monoisotopic (exact) mass is 623 g/mol. The van der Waals surface area contributed by atoms with Crippen LogP contribution < -0.4 is 19.6 Å². The van der Waals surface area contributed by atoms with E-state index < -0.39 is 35.0 Å². The Labute approximate surface area is 252 Å². The largest absolute Gasteiger partial charge is 0.489 e. The number of carbonyl (C=O) groups excluding carboxylic acids is 1. The van der Waals surface area contributed by atoms with Gasteiger partial charge in [-0.15, -0.1) is 0 Å². The number of ether oxygens (including phenoxy) is 2. The fraction of sp³-hybridized carbons (Fsp3) is 0.161. The number of esters is 1. The number of aromatic nitrogens is 1. The Morgan fingerprint density at radius 3 is 2.51 bits per heavy atom. The highest BCUT2D eigenvalue weighted by Crippen LogP contribution is 2.38. The summed E-state index contributed by atoms with van der Waals surface area (Å²) in [7, 11) is 0. The second-order valence-corrected chi connectivity index (χ2v) is 10.7. The molecule has 0 N–H and O–H groups in total. The zero-order chi connectivity index (χ0) is 30.7. The third-order valence-electron chi connectivity index (χ3n) is 6.43. The lowest BCUT2D eigenvalue weighted by molar-refractivity contribution is -0.140. The molecule has 4 aromatic rings. The van der Waals surface area contributed by atoms with E-state index in [4.69, 9.17) is 26.3 Å². The molecule has 1 atom stereocenters. The number of rotatable bonds is 7. The van der Waals surface area contributed by atoms with Crippen molar-refractivity contribution in [3.63, 3.8) is 0 Å². The number of benzene rings is 3. The van der Waals surface area contributed by atoms with E-state index in [1.54, 1.807) is 48.5 Å². The maximum Gasteiger partial charge on any atom is 0.434 e. The van der Waals surface area contributed by atoms with Crippen molar-refractivity contribution in [3.8, 4) is 11.8 Å². The van der Waals surface area contributed by atoms with Gasteiger partial charge in [0.1, 0.15) is 12.4 Å². The number of alkyl halides is 3. The summed E-state index contributed by atoms with van der Waals surface area (Å²) in [5.74, 6) is -0.728. The molecule has 0 amide bonds. The van der Waals surface area contributed by atoms with E-state index in [1.807, 2.05) is 0 Å². The van der Waals surface area contributed by atoms with Crippen molar-refractivity contribution in [3.05, 3.63) is 131 Å². The molecular formula is C31H21ClF3N3O4S. The highest BCUT2D eigenvalue weighted by atomic mass is 35.5. The van der Waals surface area contributed by atoms with Gasteiger partial charge in [0.05, 0.1) is 34.4 Å². The van der Waals surface area contributed by atoms with Gasteiger partial charge in [-0.25, -0.2) is 9.79 Å². The van der Waals surface area contributed by atoms with E-state index in [-0.39, 0.29) is 28.1 Å². The first-order valence-electron chi connectivity index (χ1n) is 12.9. The van der Waals surface area contributed by atoms with Gasteiger partial charge in [-0.05, 0) is 66.1 Å². The summed E-state index contributed by atoms with van der Waals surface area (Å²) < 4.78 is 54.8. The minimum absolute atomic E-state index is 0.105. The summed E-state index contributed by atoms with van der Waals surface area (Å²) in [6.45, 7) is 1.53. The lowest BCUT2D eigenvalue weighted by Gasteiger charge is -2.26. The molecule has 12 heteroatoms. The Morgan fingerprint density at radius 1 is 1.14 bits per heavy atom. The number of hydrogen-bond donors (Lipinski definition) is 0. The van der Waals surface area contributed by atoms with E-state index in [0.29, 0.717) is 21.9 Å². The molecule has 218 valence electrons. The van der Waals surface area contributed by atoms with Crippen LogP contribution in [0.1, 0.15) is 35.2 Å². The zero-order valence-electron chi connectivity index (χ0n) is 22.4. The molecule has 0 bridgehead atoms. The van der Waals surface area contributed by atoms with E-state index in [0.717, 1.165) is 21.5 Å². The quantitative estimate of drug-likeness (QED) is 0.256. The molecule has 43 heavy (non-hydrogen) atoms. The van der Waals surface area contributed by atoms with Crippen molar-refractivity contribution >= 4 is 35.0 Å². The van der Waals surface area contributed by atoms with Gasteiger partial charge in [0.25, 0.3) is 5.56 Å². The van der Waals surface area contributed by atoms with Crippen molar-refractivity contribution in [2.45, 2.75) is 25.7 Å². The second kappa shape index (κ2) is 12.3. The summed E-state index contributed by atoms with van der Waals surface area (Å²) in [6.07, 6.45) is -3.47. The Morgan fingerprint density at radius 2 is 1.86 bits per heavy atom. The molecule has 0 saturated heterocycles. The maximum atomic E-state index is 14.3. The molecule has 1 aliphatic heterocycles. The number of nitrogens with zero attached hydrogens (tertiary/aromatic N) is 3. The molecule has 2 heterocycles. The van der Waals surface area contributed by atoms with Crippen molar-refractivity contribution < 1.29 is 27.4 Å². The van der Waals surface area contributed by atoms with Crippen molar-refractivity contribution in [1.29, 1.82) is 5.26 Å². The molecule has 0 saturated carbocycles. The van der Waals surface area contributed by atoms with Gasteiger partial charge in [0.15, 0.2) is 10.5 Å². The van der Waals surface area contributed by atoms with Crippen molar-refractivity contribution in [1.82, 2.24) is 4.57 Å². The molecule has 0 unspecified atom stereocenters. The summed E-state index contributed by atoms with van der Waals surface area (Å²) >= 11 is 6.79. The molecular weight excluding hydrogens is 603 g/mol. The molecule has 1 aliphatic rings. The van der Waals surface area contributed by atoms with Gasteiger partial charge in [-0.3, -0.25) is 9.36 Å². The molecule has 0 radical (unpaired) electrons. The van der Waals surface area contributed by atoms with Crippen LogP contribution in [0, 0.1) is 11.3 Å². The number of hydrogen-bond acceptors (Lipinski definition) is 7. The van der Waals surface area contributed by atoms with E-state index in [2.05, 4.69) is 11.1 Å². The predicted octanol–water partition coefficient (Wildman–Crippen LogP) is 5.44.